The monoisotopic (exact) mass is 405 g/mol. The molecule has 1 amide bonds. The first-order valence-electron chi connectivity index (χ1n) is 9.63. The van der Waals surface area contributed by atoms with Crippen molar-refractivity contribution in [3.8, 4) is 5.75 Å². The molecule has 5 N–H and O–H groups in total. The minimum Gasteiger partial charge on any atom is -0.507 e. The Bertz CT molecular complexity index is 1230. The lowest BCUT2D eigenvalue weighted by atomic mass is 10.1. The number of fused-ring (bicyclic) bond motifs is 3. The van der Waals surface area contributed by atoms with E-state index >= 15 is 0 Å². The molecular weight excluding hydrogens is 382 g/mol. The number of aliphatic hydroxyl groups is 2. The second-order valence-corrected chi connectivity index (χ2v) is 7.18. The molecule has 0 bridgehead atoms. The summed E-state index contributed by atoms with van der Waals surface area (Å²) in [7, 11) is 1.92. The first-order valence-corrected chi connectivity index (χ1v) is 9.63. The lowest BCUT2D eigenvalue weighted by Crippen LogP contribution is -2.23. The smallest absolute Gasteiger partial charge is 0.259 e. The van der Waals surface area contributed by atoms with Gasteiger partial charge in [0.2, 0.25) is 0 Å². The fourth-order valence-corrected chi connectivity index (χ4v) is 3.60. The number of anilines is 2. The zero-order valence-electron chi connectivity index (χ0n) is 16.5. The van der Waals surface area contributed by atoms with Gasteiger partial charge in [0.05, 0.1) is 35.2 Å². The molecule has 3 aromatic carbocycles. The molecule has 7 nitrogen and oxygen atoms in total. The molecule has 1 unspecified atom stereocenters. The number of aryl methyl sites for hydroxylation is 1. The van der Waals surface area contributed by atoms with Gasteiger partial charge < -0.3 is 30.5 Å². The number of carbonyl (C=O) groups excluding carboxylic acids is 1. The van der Waals surface area contributed by atoms with Crippen molar-refractivity contribution in [1.82, 2.24) is 4.57 Å². The summed E-state index contributed by atoms with van der Waals surface area (Å²) in [5, 5.41) is 36.8. The third kappa shape index (κ3) is 3.56. The van der Waals surface area contributed by atoms with Crippen molar-refractivity contribution in [1.29, 1.82) is 0 Å². The van der Waals surface area contributed by atoms with Gasteiger partial charge >= 0.3 is 0 Å². The molecule has 1 heterocycles. The van der Waals surface area contributed by atoms with Crippen LogP contribution in [0.5, 0.6) is 5.75 Å². The van der Waals surface area contributed by atoms with E-state index in [2.05, 4.69) is 10.6 Å². The summed E-state index contributed by atoms with van der Waals surface area (Å²) in [6.07, 6.45) is -0.911. The Morgan fingerprint density at radius 3 is 2.47 bits per heavy atom. The molecule has 7 heteroatoms. The highest BCUT2D eigenvalue weighted by Crippen LogP contribution is 2.33. The lowest BCUT2D eigenvalue weighted by Gasteiger charge is -2.15. The number of aromatic nitrogens is 1. The average molecular weight is 405 g/mol. The molecule has 4 rings (SSSR count). The molecule has 0 spiro atoms. The van der Waals surface area contributed by atoms with Crippen LogP contribution in [-0.2, 0) is 7.05 Å². The van der Waals surface area contributed by atoms with Gasteiger partial charge in [-0.05, 0) is 24.3 Å². The second kappa shape index (κ2) is 8.06. The summed E-state index contributed by atoms with van der Waals surface area (Å²) in [6, 6.07) is 18.2. The number of nitrogens with one attached hydrogen (secondary N) is 2. The van der Waals surface area contributed by atoms with E-state index in [0.29, 0.717) is 11.4 Å². The number of amides is 1. The summed E-state index contributed by atoms with van der Waals surface area (Å²) >= 11 is 0. The fourth-order valence-electron chi connectivity index (χ4n) is 3.60. The standard InChI is InChI=1S/C23H23N3O4/c1-26-20-9-5-2-6-15(20)16-10-17(22(29)11-21(16)26)23(30)25-19-8-4-3-7-18(19)24-12-14(28)13-27/h2-11,14,24,27-29H,12-13H2,1H3,(H,25,30). The topological polar surface area (TPSA) is 107 Å². The minimum atomic E-state index is -0.911. The maximum absolute atomic E-state index is 13.0. The van der Waals surface area contributed by atoms with Gasteiger partial charge in [-0.1, -0.05) is 30.3 Å². The van der Waals surface area contributed by atoms with E-state index in [-0.39, 0.29) is 24.5 Å². The molecule has 0 aliphatic heterocycles. The number of carbonyl (C=O) groups is 1. The van der Waals surface area contributed by atoms with Crippen LogP contribution in [0.25, 0.3) is 21.8 Å². The molecule has 0 saturated carbocycles. The molecule has 0 aliphatic rings. The van der Waals surface area contributed by atoms with Crippen LogP contribution < -0.4 is 10.6 Å². The number of hydrogen-bond acceptors (Lipinski definition) is 5. The minimum absolute atomic E-state index is 0.105. The zero-order valence-corrected chi connectivity index (χ0v) is 16.5. The SMILES string of the molecule is Cn1c2ccccc2c2cc(C(=O)Nc3ccccc3NCC(O)CO)c(O)cc21. The Morgan fingerprint density at radius 2 is 1.70 bits per heavy atom. The number of phenolic OH excluding ortho intramolecular Hbond substituents is 1. The molecule has 4 aromatic rings. The number of aromatic hydroxyl groups is 1. The molecule has 1 aromatic heterocycles. The average Bonchev–Trinajstić information content (AvgIpc) is 3.03. The first-order chi connectivity index (χ1) is 14.5. The molecule has 0 aliphatic carbocycles. The Labute approximate surface area is 173 Å². The lowest BCUT2D eigenvalue weighted by molar-refractivity contribution is 0.102. The van der Waals surface area contributed by atoms with Gasteiger partial charge in [0.15, 0.2) is 0 Å². The highest BCUT2D eigenvalue weighted by Gasteiger charge is 2.17. The fraction of sp³-hybridized carbons (Fsp3) is 0.174. The van der Waals surface area contributed by atoms with Crippen molar-refractivity contribution < 1.29 is 20.1 Å². The number of hydrogen-bond donors (Lipinski definition) is 5. The second-order valence-electron chi connectivity index (χ2n) is 7.18. The van der Waals surface area contributed by atoms with Gasteiger partial charge in [0, 0.05) is 35.9 Å². The van der Waals surface area contributed by atoms with Crippen molar-refractivity contribution in [3.63, 3.8) is 0 Å². The summed E-state index contributed by atoms with van der Waals surface area (Å²) < 4.78 is 1.98. The third-order valence-electron chi connectivity index (χ3n) is 5.19. The summed E-state index contributed by atoms with van der Waals surface area (Å²) in [5.41, 5.74) is 3.13. The van der Waals surface area contributed by atoms with Crippen LogP contribution in [0.1, 0.15) is 10.4 Å². The van der Waals surface area contributed by atoms with Crippen molar-refractivity contribution in [2.24, 2.45) is 7.05 Å². The highest BCUT2D eigenvalue weighted by molar-refractivity contribution is 6.14. The molecular formula is C23H23N3O4. The normalized spacial score (nSPS) is 12.2. The van der Waals surface area contributed by atoms with Gasteiger partial charge in [0.25, 0.3) is 5.91 Å². The largest absolute Gasteiger partial charge is 0.507 e. The van der Waals surface area contributed by atoms with Crippen LogP contribution in [0.3, 0.4) is 0 Å². The number of benzene rings is 3. The van der Waals surface area contributed by atoms with Crippen molar-refractivity contribution in [2.75, 3.05) is 23.8 Å². The quantitative estimate of drug-likeness (QED) is 0.339. The van der Waals surface area contributed by atoms with Gasteiger partial charge in [0.1, 0.15) is 5.75 Å². The van der Waals surface area contributed by atoms with E-state index in [1.807, 2.05) is 35.9 Å². The molecule has 154 valence electrons. The Hall–Kier alpha value is -3.55. The summed E-state index contributed by atoms with van der Waals surface area (Å²) in [5.74, 6) is -0.550. The van der Waals surface area contributed by atoms with Gasteiger partial charge in [-0.3, -0.25) is 4.79 Å². The van der Waals surface area contributed by atoms with Crippen molar-refractivity contribution >= 4 is 39.1 Å². The zero-order chi connectivity index (χ0) is 21.3. The van der Waals surface area contributed by atoms with E-state index < -0.39 is 12.0 Å². The van der Waals surface area contributed by atoms with E-state index in [4.69, 9.17) is 5.11 Å². The molecule has 0 fully saturated rings. The molecule has 30 heavy (non-hydrogen) atoms. The van der Waals surface area contributed by atoms with E-state index in [0.717, 1.165) is 21.8 Å². The van der Waals surface area contributed by atoms with Crippen LogP contribution in [0.15, 0.2) is 60.7 Å². The van der Waals surface area contributed by atoms with Crippen LogP contribution >= 0.6 is 0 Å². The maximum Gasteiger partial charge on any atom is 0.259 e. The first kappa shape index (κ1) is 19.8. The Kier molecular flexibility index (Phi) is 5.31. The Morgan fingerprint density at radius 1 is 1.00 bits per heavy atom. The molecule has 0 saturated heterocycles. The van der Waals surface area contributed by atoms with E-state index in [1.165, 1.54) is 0 Å². The summed E-state index contributed by atoms with van der Waals surface area (Å²) in [4.78, 5) is 13.0. The van der Waals surface area contributed by atoms with E-state index in [9.17, 15) is 15.0 Å². The summed E-state index contributed by atoms with van der Waals surface area (Å²) in [6.45, 7) is -0.225. The van der Waals surface area contributed by atoms with Crippen LogP contribution in [0.2, 0.25) is 0 Å². The Balaban J connectivity index is 1.68. The molecule has 0 radical (unpaired) electrons. The van der Waals surface area contributed by atoms with Crippen molar-refractivity contribution in [3.05, 3.63) is 66.2 Å². The number of nitrogens with zero attached hydrogens (tertiary/aromatic N) is 1. The molecule has 1 atom stereocenters. The van der Waals surface area contributed by atoms with E-state index in [1.54, 1.807) is 36.4 Å². The number of phenols is 1. The number of aliphatic hydroxyl groups excluding tert-OH is 2. The van der Waals surface area contributed by atoms with Crippen LogP contribution in [0.4, 0.5) is 11.4 Å². The van der Waals surface area contributed by atoms with Gasteiger partial charge in [-0.25, -0.2) is 0 Å². The third-order valence-corrected chi connectivity index (χ3v) is 5.19. The van der Waals surface area contributed by atoms with Crippen molar-refractivity contribution in [2.45, 2.75) is 6.10 Å². The van der Waals surface area contributed by atoms with Gasteiger partial charge in [-0.15, -0.1) is 0 Å². The predicted octanol–water partition coefficient (Wildman–Crippen LogP) is 3.05. The number of rotatable bonds is 6. The van der Waals surface area contributed by atoms with Gasteiger partial charge in [-0.2, -0.15) is 0 Å². The van der Waals surface area contributed by atoms with Crippen LogP contribution in [-0.4, -0.2) is 45.0 Å². The highest BCUT2D eigenvalue weighted by atomic mass is 16.3. The van der Waals surface area contributed by atoms with Crippen LogP contribution in [0, 0.1) is 0 Å². The maximum atomic E-state index is 13.0. The number of para-hydroxylation sites is 3. The predicted molar refractivity (Wildman–Crippen MR) is 118 cm³/mol.